The molecule has 0 fully saturated rings. The first-order valence-corrected chi connectivity index (χ1v) is 6.40. The fourth-order valence-corrected chi connectivity index (χ4v) is 3.14. The Morgan fingerprint density at radius 2 is 2.07 bits per heavy atom. The summed E-state index contributed by atoms with van der Waals surface area (Å²) < 4.78 is 22.7. The predicted molar refractivity (Wildman–Crippen MR) is 53.0 cm³/mol. The zero-order valence-electron chi connectivity index (χ0n) is 7.62. The van der Waals surface area contributed by atoms with Crippen LogP contribution in [0.2, 0.25) is 5.28 Å². The minimum atomic E-state index is -2.98. The number of halogens is 1. The summed E-state index contributed by atoms with van der Waals surface area (Å²) in [6, 6.07) is 0. The molecule has 0 saturated heterocycles. The highest BCUT2D eigenvalue weighted by molar-refractivity contribution is 7.90. The first-order chi connectivity index (χ1) is 6.48. The van der Waals surface area contributed by atoms with Gasteiger partial charge in [-0.1, -0.05) is 0 Å². The van der Waals surface area contributed by atoms with Crippen molar-refractivity contribution in [3.05, 3.63) is 22.2 Å². The molecule has 0 spiro atoms. The van der Waals surface area contributed by atoms with E-state index >= 15 is 0 Å². The number of fused-ring (bicyclic) bond motifs is 1. The van der Waals surface area contributed by atoms with Gasteiger partial charge in [0.25, 0.3) is 0 Å². The van der Waals surface area contributed by atoms with Crippen molar-refractivity contribution in [3.8, 4) is 0 Å². The monoisotopic (exact) mass is 232 g/mol. The van der Waals surface area contributed by atoms with Crippen molar-refractivity contribution >= 4 is 21.4 Å². The zero-order valence-corrected chi connectivity index (χ0v) is 9.19. The summed E-state index contributed by atoms with van der Waals surface area (Å²) in [5, 5.41) is 0.123. The van der Waals surface area contributed by atoms with E-state index in [0.717, 1.165) is 11.3 Å². The average molecular weight is 233 g/mol. The lowest BCUT2D eigenvalue weighted by atomic mass is 10.1. The molecule has 0 atom stereocenters. The van der Waals surface area contributed by atoms with Gasteiger partial charge in [-0.2, -0.15) is 0 Å². The summed E-state index contributed by atoms with van der Waals surface area (Å²) in [6.07, 6.45) is 0.501. The molecule has 1 aromatic heterocycles. The van der Waals surface area contributed by atoms with E-state index in [0.29, 0.717) is 12.1 Å². The number of rotatable bonds is 0. The van der Waals surface area contributed by atoms with E-state index in [2.05, 4.69) is 9.97 Å². The molecule has 1 aromatic rings. The quantitative estimate of drug-likeness (QED) is 0.624. The Bertz CT molecular complexity index is 484. The number of hydrogen-bond donors (Lipinski definition) is 0. The average Bonchev–Trinajstić information content (AvgIpc) is 2.00. The van der Waals surface area contributed by atoms with E-state index in [1.807, 2.05) is 6.92 Å². The van der Waals surface area contributed by atoms with Crippen molar-refractivity contribution in [2.24, 2.45) is 0 Å². The Balaban J connectivity index is 2.58. The molecule has 2 heterocycles. The molecule has 0 radical (unpaired) electrons. The largest absolute Gasteiger partial charge is 0.228 e. The molecule has 14 heavy (non-hydrogen) atoms. The minimum Gasteiger partial charge on any atom is -0.228 e. The van der Waals surface area contributed by atoms with Crippen molar-refractivity contribution in [2.75, 3.05) is 5.75 Å². The first kappa shape index (κ1) is 9.86. The molecular weight excluding hydrogens is 224 g/mol. The SMILES string of the molecule is Cc1nc(Cl)nc2c1CCS(=O)(=O)C2. The van der Waals surface area contributed by atoms with Crippen LogP contribution in [0.5, 0.6) is 0 Å². The molecule has 4 nitrogen and oxygen atoms in total. The van der Waals surface area contributed by atoms with Crippen LogP contribution in [0.15, 0.2) is 0 Å². The maximum atomic E-state index is 11.3. The zero-order chi connectivity index (χ0) is 10.3. The van der Waals surface area contributed by atoms with Crippen LogP contribution in [0.4, 0.5) is 0 Å². The summed E-state index contributed by atoms with van der Waals surface area (Å²) >= 11 is 5.66. The molecule has 6 heteroatoms. The lowest BCUT2D eigenvalue weighted by Gasteiger charge is -2.16. The number of aromatic nitrogens is 2. The highest BCUT2D eigenvalue weighted by Gasteiger charge is 2.24. The Labute approximate surface area is 87.3 Å². The van der Waals surface area contributed by atoms with E-state index in [-0.39, 0.29) is 16.8 Å². The normalized spacial score (nSPS) is 19.0. The van der Waals surface area contributed by atoms with Crippen molar-refractivity contribution in [1.82, 2.24) is 9.97 Å². The van der Waals surface area contributed by atoms with Gasteiger partial charge in [0.05, 0.1) is 17.2 Å². The van der Waals surface area contributed by atoms with E-state index in [1.54, 1.807) is 0 Å². The molecule has 0 unspecified atom stereocenters. The first-order valence-electron chi connectivity index (χ1n) is 4.20. The fourth-order valence-electron chi connectivity index (χ4n) is 1.60. The summed E-state index contributed by atoms with van der Waals surface area (Å²) in [4.78, 5) is 7.94. The highest BCUT2D eigenvalue weighted by Crippen LogP contribution is 2.22. The van der Waals surface area contributed by atoms with Gasteiger partial charge in [-0.05, 0) is 30.5 Å². The lowest BCUT2D eigenvalue weighted by molar-refractivity contribution is 0.590. The number of nitrogens with zero attached hydrogens (tertiary/aromatic N) is 2. The van der Waals surface area contributed by atoms with Crippen LogP contribution in [-0.2, 0) is 22.0 Å². The molecule has 0 aliphatic carbocycles. The number of sulfone groups is 1. The molecular formula is C8H9ClN2O2S. The Hall–Kier alpha value is -0.680. The molecule has 1 aliphatic rings. The van der Waals surface area contributed by atoms with Crippen LogP contribution in [0.25, 0.3) is 0 Å². The van der Waals surface area contributed by atoms with Crippen LogP contribution in [0.1, 0.15) is 17.0 Å². The van der Waals surface area contributed by atoms with Gasteiger partial charge in [-0.3, -0.25) is 0 Å². The van der Waals surface area contributed by atoms with Crippen LogP contribution < -0.4 is 0 Å². The molecule has 0 saturated carbocycles. The van der Waals surface area contributed by atoms with Gasteiger partial charge in [-0.15, -0.1) is 0 Å². The Kier molecular flexibility index (Phi) is 2.23. The van der Waals surface area contributed by atoms with Gasteiger partial charge in [-0.25, -0.2) is 18.4 Å². The van der Waals surface area contributed by atoms with Gasteiger partial charge >= 0.3 is 0 Å². The summed E-state index contributed by atoms with van der Waals surface area (Å²) in [5.74, 6) is 0.178. The van der Waals surface area contributed by atoms with Gasteiger partial charge < -0.3 is 0 Å². The summed E-state index contributed by atoms with van der Waals surface area (Å²) in [6.45, 7) is 1.82. The minimum absolute atomic E-state index is 0.00852. The number of hydrogen-bond acceptors (Lipinski definition) is 4. The topological polar surface area (TPSA) is 59.9 Å². The van der Waals surface area contributed by atoms with Gasteiger partial charge in [0.2, 0.25) is 5.28 Å². The highest BCUT2D eigenvalue weighted by atomic mass is 35.5. The van der Waals surface area contributed by atoms with Crippen molar-refractivity contribution in [2.45, 2.75) is 19.1 Å². The van der Waals surface area contributed by atoms with Gasteiger partial charge in [0.15, 0.2) is 9.84 Å². The Morgan fingerprint density at radius 1 is 1.36 bits per heavy atom. The molecule has 76 valence electrons. The van der Waals surface area contributed by atoms with E-state index in [9.17, 15) is 8.42 Å². The molecule has 0 bridgehead atoms. The van der Waals surface area contributed by atoms with Crippen LogP contribution in [-0.4, -0.2) is 24.1 Å². The molecule has 2 rings (SSSR count). The molecule has 0 N–H and O–H groups in total. The second-order valence-electron chi connectivity index (χ2n) is 3.35. The van der Waals surface area contributed by atoms with Crippen LogP contribution in [0.3, 0.4) is 0 Å². The smallest absolute Gasteiger partial charge is 0.222 e. The van der Waals surface area contributed by atoms with E-state index in [4.69, 9.17) is 11.6 Å². The maximum absolute atomic E-state index is 11.3. The van der Waals surface area contributed by atoms with Gasteiger partial charge in [0, 0.05) is 5.69 Å². The third kappa shape index (κ3) is 1.74. The summed E-state index contributed by atoms with van der Waals surface area (Å²) in [5.41, 5.74) is 2.29. The second-order valence-corrected chi connectivity index (χ2v) is 5.87. The maximum Gasteiger partial charge on any atom is 0.222 e. The molecule has 0 aromatic carbocycles. The van der Waals surface area contributed by atoms with Gasteiger partial charge in [0.1, 0.15) is 0 Å². The molecule has 0 amide bonds. The fraction of sp³-hybridized carbons (Fsp3) is 0.500. The Morgan fingerprint density at radius 3 is 2.79 bits per heavy atom. The number of aryl methyl sites for hydroxylation is 1. The third-order valence-electron chi connectivity index (χ3n) is 2.29. The summed E-state index contributed by atoms with van der Waals surface area (Å²) in [7, 11) is -2.98. The third-order valence-corrected chi connectivity index (χ3v) is 4.00. The van der Waals surface area contributed by atoms with Crippen molar-refractivity contribution in [3.63, 3.8) is 0 Å². The second kappa shape index (κ2) is 3.17. The van der Waals surface area contributed by atoms with E-state index in [1.165, 1.54) is 0 Å². The molecule has 1 aliphatic heterocycles. The van der Waals surface area contributed by atoms with E-state index < -0.39 is 9.84 Å². The standard InChI is InChI=1S/C8H9ClN2O2S/c1-5-6-2-3-14(12,13)4-7(6)11-8(9)10-5/h2-4H2,1H3. The van der Waals surface area contributed by atoms with Crippen molar-refractivity contribution in [1.29, 1.82) is 0 Å². The van der Waals surface area contributed by atoms with Crippen molar-refractivity contribution < 1.29 is 8.42 Å². The van der Waals surface area contributed by atoms with Crippen LogP contribution in [0, 0.1) is 6.92 Å². The van der Waals surface area contributed by atoms with Crippen LogP contribution >= 0.6 is 11.6 Å². The predicted octanol–water partition coefficient (Wildman–Crippen LogP) is 0.909. The lowest BCUT2D eigenvalue weighted by Crippen LogP contribution is -2.21.